The van der Waals surface area contributed by atoms with Crippen LogP contribution in [0.3, 0.4) is 0 Å². The summed E-state index contributed by atoms with van der Waals surface area (Å²) in [6, 6.07) is 2.10. The van der Waals surface area contributed by atoms with Crippen molar-refractivity contribution in [1.29, 1.82) is 5.26 Å². The van der Waals surface area contributed by atoms with E-state index >= 15 is 0 Å². The minimum absolute atomic E-state index is 0.0851. The van der Waals surface area contributed by atoms with E-state index in [2.05, 4.69) is 11.4 Å². The van der Waals surface area contributed by atoms with Crippen molar-refractivity contribution in [2.24, 2.45) is 0 Å². The largest absolute Gasteiger partial charge is 0.338 e. The van der Waals surface area contributed by atoms with Crippen molar-refractivity contribution >= 4 is 28.2 Å². The quantitative estimate of drug-likeness (QED) is 0.834. The molecule has 6 heteroatoms. The van der Waals surface area contributed by atoms with Crippen molar-refractivity contribution in [2.75, 3.05) is 18.4 Å². The van der Waals surface area contributed by atoms with Crippen LogP contribution in [0, 0.1) is 18.3 Å². The van der Waals surface area contributed by atoms with Crippen LogP contribution in [0.1, 0.15) is 60.8 Å². The van der Waals surface area contributed by atoms with Gasteiger partial charge in [-0.3, -0.25) is 9.59 Å². The molecule has 0 atom stereocenters. The molecule has 0 spiro atoms. The van der Waals surface area contributed by atoms with Crippen molar-refractivity contribution in [2.45, 2.75) is 47.0 Å². The van der Waals surface area contributed by atoms with E-state index in [1.165, 1.54) is 11.3 Å². The molecule has 0 fully saturated rings. The molecule has 5 nitrogen and oxygen atoms in total. The summed E-state index contributed by atoms with van der Waals surface area (Å²) in [7, 11) is 0. The molecule has 0 aromatic carbocycles. The molecular weight excluding hydrogens is 298 g/mol. The Morgan fingerprint density at radius 2 is 1.91 bits per heavy atom. The third-order valence-electron chi connectivity index (χ3n) is 3.51. The van der Waals surface area contributed by atoms with E-state index in [1.54, 1.807) is 11.8 Å². The summed E-state index contributed by atoms with van der Waals surface area (Å²) in [5.74, 6) is -0.195. The first-order valence-corrected chi connectivity index (χ1v) is 8.44. The van der Waals surface area contributed by atoms with Crippen molar-refractivity contribution < 1.29 is 9.59 Å². The summed E-state index contributed by atoms with van der Waals surface area (Å²) in [5, 5.41) is 12.6. The molecule has 0 aliphatic carbocycles. The van der Waals surface area contributed by atoms with Crippen LogP contribution in [-0.4, -0.2) is 29.8 Å². The number of nitrogens with zero attached hydrogens (tertiary/aromatic N) is 2. The Morgan fingerprint density at radius 3 is 2.41 bits per heavy atom. The van der Waals surface area contributed by atoms with Gasteiger partial charge in [0.15, 0.2) is 0 Å². The van der Waals surface area contributed by atoms with Gasteiger partial charge in [0.2, 0.25) is 5.91 Å². The van der Waals surface area contributed by atoms with Crippen LogP contribution in [0.4, 0.5) is 5.00 Å². The molecule has 1 N–H and O–H groups in total. The SMILES string of the molecule is CCCCC(=O)Nc1sc(C(=O)N(CC)CC)c(C)c1C#N. The Morgan fingerprint density at radius 1 is 1.27 bits per heavy atom. The first-order valence-electron chi connectivity index (χ1n) is 7.62. The first kappa shape index (κ1) is 18.2. The van der Waals surface area contributed by atoms with Gasteiger partial charge in [0.25, 0.3) is 5.91 Å². The van der Waals surface area contributed by atoms with Gasteiger partial charge in [-0.1, -0.05) is 13.3 Å². The van der Waals surface area contributed by atoms with Crippen molar-refractivity contribution in [3.05, 3.63) is 16.0 Å². The maximum atomic E-state index is 12.5. The zero-order valence-electron chi connectivity index (χ0n) is 13.7. The molecule has 0 aliphatic heterocycles. The standard InChI is InChI=1S/C16H23N3O2S/c1-5-8-9-13(20)18-15-12(10-17)11(4)14(22-15)16(21)19(6-2)7-3/h5-9H2,1-4H3,(H,18,20). The average molecular weight is 321 g/mol. The highest BCUT2D eigenvalue weighted by molar-refractivity contribution is 7.18. The summed E-state index contributed by atoms with van der Waals surface area (Å²) < 4.78 is 0. The van der Waals surface area contributed by atoms with Gasteiger partial charge in [0, 0.05) is 19.5 Å². The lowest BCUT2D eigenvalue weighted by Crippen LogP contribution is -2.30. The third kappa shape index (κ3) is 4.08. The van der Waals surface area contributed by atoms with Gasteiger partial charge in [-0.05, 0) is 32.8 Å². The maximum Gasteiger partial charge on any atom is 0.264 e. The number of carbonyl (C=O) groups excluding carboxylic acids is 2. The fraction of sp³-hybridized carbons (Fsp3) is 0.562. The molecule has 1 aromatic heterocycles. The van der Waals surface area contributed by atoms with Crippen LogP contribution >= 0.6 is 11.3 Å². The van der Waals surface area contributed by atoms with E-state index in [9.17, 15) is 14.9 Å². The van der Waals surface area contributed by atoms with Crippen LogP contribution in [0.2, 0.25) is 0 Å². The van der Waals surface area contributed by atoms with Gasteiger partial charge in [-0.2, -0.15) is 5.26 Å². The summed E-state index contributed by atoms with van der Waals surface area (Å²) in [6.45, 7) is 8.85. The van der Waals surface area contributed by atoms with E-state index in [0.717, 1.165) is 12.8 Å². The normalized spacial score (nSPS) is 10.1. The topological polar surface area (TPSA) is 73.2 Å². The number of hydrogen-bond donors (Lipinski definition) is 1. The van der Waals surface area contributed by atoms with E-state index in [4.69, 9.17) is 0 Å². The average Bonchev–Trinajstić information content (AvgIpc) is 2.81. The molecule has 1 rings (SSSR count). The Bertz CT molecular complexity index is 583. The van der Waals surface area contributed by atoms with Crippen molar-refractivity contribution in [3.63, 3.8) is 0 Å². The molecular formula is C16H23N3O2S. The van der Waals surface area contributed by atoms with Crippen molar-refractivity contribution in [3.8, 4) is 6.07 Å². The predicted octanol–water partition coefficient (Wildman–Crippen LogP) is 3.54. The number of anilines is 1. The van der Waals surface area contributed by atoms with Crippen LogP contribution < -0.4 is 5.32 Å². The van der Waals surface area contributed by atoms with Gasteiger partial charge in [0.1, 0.15) is 11.1 Å². The number of amides is 2. The third-order valence-corrected chi connectivity index (χ3v) is 4.71. The smallest absolute Gasteiger partial charge is 0.264 e. The molecule has 22 heavy (non-hydrogen) atoms. The number of nitrogens with one attached hydrogen (secondary N) is 1. The highest BCUT2D eigenvalue weighted by atomic mass is 32.1. The van der Waals surface area contributed by atoms with Gasteiger partial charge >= 0.3 is 0 Å². The maximum absolute atomic E-state index is 12.5. The second-order valence-corrected chi connectivity index (χ2v) is 6.02. The minimum atomic E-state index is -0.110. The van der Waals surface area contributed by atoms with Crippen LogP contribution in [0.15, 0.2) is 0 Å². The number of hydrogen-bond acceptors (Lipinski definition) is 4. The lowest BCUT2D eigenvalue weighted by molar-refractivity contribution is -0.116. The lowest BCUT2D eigenvalue weighted by atomic mass is 10.1. The Balaban J connectivity index is 3.06. The van der Waals surface area contributed by atoms with Crippen LogP contribution in [0.25, 0.3) is 0 Å². The van der Waals surface area contributed by atoms with Crippen molar-refractivity contribution in [1.82, 2.24) is 4.90 Å². The minimum Gasteiger partial charge on any atom is -0.338 e. The zero-order valence-corrected chi connectivity index (χ0v) is 14.5. The number of thiophene rings is 1. The second-order valence-electron chi connectivity index (χ2n) is 5.00. The molecule has 0 unspecified atom stereocenters. The fourth-order valence-corrected chi connectivity index (χ4v) is 3.26. The van der Waals surface area contributed by atoms with Gasteiger partial charge in [-0.25, -0.2) is 0 Å². The zero-order chi connectivity index (χ0) is 16.7. The van der Waals surface area contributed by atoms with Gasteiger partial charge in [-0.15, -0.1) is 11.3 Å². The monoisotopic (exact) mass is 321 g/mol. The van der Waals surface area contributed by atoms with E-state index < -0.39 is 0 Å². The fourth-order valence-electron chi connectivity index (χ4n) is 2.12. The molecule has 120 valence electrons. The molecule has 0 bridgehead atoms. The van der Waals surface area contributed by atoms with Gasteiger partial charge < -0.3 is 10.2 Å². The molecule has 0 saturated carbocycles. The number of nitriles is 1. The summed E-state index contributed by atoms with van der Waals surface area (Å²) >= 11 is 1.19. The molecule has 0 radical (unpaired) electrons. The Labute approximate surface area is 135 Å². The summed E-state index contributed by atoms with van der Waals surface area (Å²) in [4.78, 5) is 26.6. The number of rotatable bonds is 7. The summed E-state index contributed by atoms with van der Waals surface area (Å²) in [5.41, 5.74) is 1.04. The van der Waals surface area contributed by atoms with Crippen LogP contribution in [0.5, 0.6) is 0 Å². The Kier molecular flexibility index (Phi) is 7.06. The molecule has 0 saturated heterocycles. The predicted molar refractivity (Wildman–Crippen MR) is 89.2 cm³/mol. The van der Waals surface area contributed by atoms with E-state index in [-0.39, 0.29) is 11.8 Å². The van der Waals surface area contributed by atoms with Gasteiger partial charge in [0.05, 0.1) is 10.4 Å². The molecule has 2 amide bonds. The Hall–Kier alpha value is -1.87. The summed E-state index contributed by atoms with van der Waals surface area (Å²) in [6.07, 6.45) is 2.18. The highest BCUT2D eigenvalue weighted by Gasteiger charge is 2.23. The second kappa shape index (κ2) is 8.54. The highest BCUT2D eigenvalue weighted by Crippen LogP contribution is 2.33. The number of carbonyl (C=O) groups is 2. The lowest BCUT2D eigenvalue weighted by Gasteiger charge is -2.17. The van der Waals surface area contributed by atoms with E-state index in [0.29, 0.717) is 40.5 Å². The molecule has 0 aliphatic rings. The molecule has 1 heterocycles. The number of unbranched alkanes of at least 4 members (excludes halogenated alkanes) is 1. The molecule has 1 aromatic rings. The van der Waals surface area contributed by atoms with E-state index in [1.807, 2.05) is 20.8 Å². The van der Waals surface area contributed by atoms with Crippen LogP contribution in [-0.2, 0) is 4.79 Å². The first-order chi connectivity index (χ1) is 10.5.